The highest BCUT2D eigenvalue weighted by Gasteiger charge is 2.20. The Balaban J connectivity index is 1.90. The van der Waals surface area contributed by atoms with Gasteiger partial charge in [-0.25, -0.2) is 0 Å². The predicted molar refractivity (Wildman–Crippen MR) is 91.0 cm³/mol. The van der Waals surface area contributed by atoms with E-state index in [0.29, 0.717) is 10.6 Å². The second-order valence-corrected chi connectivity index (χ2v) is 6.75. The van der Waals surface area contributed by atoms with Gasteiger partial charge in [-0.2, -0.15) is 0 Å². The number of ether oxygens (including phenoxy) is 1. The number of rotatable bonds is 3. The van der Waals surface area contributed by atoms with Gasteiger partial charge in [0.25, 0.3) is 0 Å². The Hall–Kier alpha value is -1.54. The van der Waals surface area contributed by atoms with Crippen LogP contribution in [0.15, 0.2) is 30.3 Å². The summed E-state index contributed by atoms with van der Waals surface area (Å²) in [5.74, 6) is 1.57. The summed E-state index contributed by atoms with van der Waals surface area (Å²) in [5, 5.41) is 2.52. The zero-order chi connectivity index (χ0) is 15.7. The maximum atomic E-state index is 11.6. The van der Waals surface area contributed by atoms with Crippen molar-refractivity contribution >= 4 is 28.2 Å². The van der Waals surface area contributed by atoms with Crippen LogP contribution in [-0.4, -0.2) is 11.9 Å². The molecule has 0 amide bonds. The molecular weight excluding hydrogens is 296 g/mol. The van der Waals surface area contributed by atoms with Crippen molar-refractivity contribution in [2.45, 2.75) is 45.6 Å². The molecule has 0 unspecified atom stereocenters. The van der Waals surface area contributed by atoms with Crippen LogP contribution >= 0.6 is 11.6 Å². The first kappa shape index (κ1) is 15.4. The Bertz CT molecular complexity index is 700. The van der Waals surface area contributed by atoms with Gasteiger partial charge in [0.2, 0.25) is 0 Å². The van der Waals surface area contributed by atoms with E-state index in [0.717, 1.165) is 35.3 Å². The summed E-state index contributed by atoms with van der Waals surface area (Å²) in [6.07, 6.45) is 4.85. The van der Waals surface area contributed by atoms with E-state index in [1.807, 2.05) is 30.3 Å². The number of hydrogen-bond acceptors (Lipinski definition) is 2. The molecule has 1 saturated carbocycles. The first-order valence-electron chi connectivity index (χ1n) is 7.94. The van der Waals surface area contributed by atoms with Gasteiger partial charge in [-0.1, -0.05) is 36.7 Å². The minimum atomic E-state index is 0.0468. The van der Waals surface area contributed by atoms with Gasteiger partial charge >= 0.3 is 0 Å². The van der Waals surface area contributed by atoms with E-state index in [2.05, 4.69) is 6.92 Å². The fourth-order valence-corrected chi connectivity index (χ4v) is 3.37. The topological polar surface area (TPSA) is 26.3 Å². The molecule has 0 saturated heterocycles. The molecule has 1 fully saturated rings. The maximum absolute atomic E-state index is 11.6. The molecule has 1 aliphatic carbocycles. The van der Waals surface area contributed by atoms with Crippen LogP contribution in [0.4, 0.5) is 0 Å². The summed E-state index contributed by atoms with van der Waals surface area (Å²) in [5.41, 5.74) is 0.679. The number of hydrogen-bond donors (Lipinski definition) is 0. The maximum Gasteiger partial charge on any atom is 0.159 e. The van der Waals surface area contributed by atoms with E-state index in [-0.39, 0.29) is 11.9 Å². The van der Waals surface area contributed by atoms with Crippen molar-refractivity contribution in [1.29, 1.82) is 0 Å². The van der Waals surface area contributed by atoms with E-state index >= 15 is 0 Å². The first-order valence-corrected chi connectivity index (χ1v) is 8.32. The third-order valence-electron chi connectivity index (χ3n) is 4.58. The van der Waals surface area contributed by atoms with Crippen LogP contribution in [0.5, 0.6) is 5.75 Å². The molecule has 0 aromatic heterocycles. The first-order chi connectivity index (χ1) is 10.5. The molecule has 0 radical (unpaired) electrons. The van der Waals surface area contributed by atoms with Crippen LogP contribution in [0.1, 0.15) is 49.9 Å². The summed E-state index contributed by atoms with van der Waals surface area (Å²) < 4.78 is 6.13. The van der Waals surface area contributed by atoms with Crippen molar-refractivity contribution in [3.8, 4) is 5.75 Å². The van der Waals surface area contributed by atoms with Gasteiger partial charge in [0.05, 0.1) is 11.1 Å². The highest BCUT2D eigenvalue weighted by Crippen LogP contribution is 2.36. The fraction of sp³-hybridized carbons (Fsp3) is 0.421. The zero-order valence-electron chi connectivity index (χ0n) is 13.1. The highest BCUT2D eigenvalue weighted by molar-refractivity contribution is 6.37. The van der Waals surface area contributed by atoms with E-state index in [9.17, 15) is 4.79 Å². The molecule has 0 atom stereocenters. The van der Waals surface area contributed by atoms with Gasteiger partial charge in [0.1, 0.15) is 5.75 Å². The number of fused-ring (bicyclic) bond motifs is 1. The predicted octanol–water partition coefficient (Wildman–Crippen LogP) is 5.65. The average Bonchev–Trinajstić information content (AvgIpc) is 2.52. The van der Waals surface area contributed by atoms with Crippen molar-refractivity contribution in [2.24, 2.45) is 5.92 Å². The van der Waals surface area contributed by atoms with Gasteiger partial charge < -0.3 is 4.74 Å². The summed E-state index contributed by atoms with van der Waals surface area (Å²) in [6, 6.07) is 9.58. The van der Waals surface area contributed by atoms with Crippen molar-refractivity contribution in [3.63, 3.8) is 0 Å². The molecule has 0 spiro atoms. The minimum Gasteiger partial charge on any atom is -0.489 e. The zero-order valence-corrected chi connectivity index (χ0v) is 13.8. The highest BCUT2D eigenvalue weighted by atomic mass is 35.5. The molecule has 0 N–H and O–H groups in total. The van der Waals surface area contributed by atoms with E-state index in [4.69, 9.17) is 16.3 Å². The molecule has 3 heteroatoms. The van der Waals surface area contributed by atoms with Gasteiger partial charge in [-0.3, -0.25) is 4.79 Å². The Kier molecular flexibility index (Phi) is 4.39. The SMILES string of the molecule is CC(=O)c1ccc2ccc(OC3CCC(C)CC3)c(Cl)c2c1. The number of ketones is 1. The lowest BCUT2D eigenvalue weighted by atomic mass is 9.89. The molecule has 22 heavy (non-hydrogen) atoms. The van der Waals surface area contributed by atoms with Gasteiger partial charge in [-0.15, -0.1) is 0 Å². The number of benzene rings is 2. The van der Waals surface area contributed by atoms with E-state index in [1.165, 1.54) is 12.8 Å². The summed E-state index contributed by atoms with van der Waals surface area (Å²) in [7, 11) is 0. The molecule has 0 aliphatic heterocycles. The minimum absolute atomic E-state index is 0.0468. The normalized spacial score (nSPS) is 21.8. The lowest BCUT2D eigenvalue weighted by Crippen LogP contribution is -2.23. The Morgan fingerprint density at radius 3 is 2.50 bits per heavy atom. The number of carbonyl (C=O) groups is 1. The van der Waals surface area contributed by atoms with Crippen LogP contribution in [-0.2, 0) is 0 Å². The molecule has 0 bridgehead atoms. The van der Waals surface area contributed by atoms with Crippen LogP contribution < -0.4 is 4.74 Å². The lowest BCUT2D eigenvalue weighted by Gasteiger charge is -2.27. The van der Waals surface area contributed by atoms with Crippen LogP contribution in [0, 0.1) is 5.92 Å². The van der Waals surface area contributed by atoms with Crippen molar-refractivity contribution in [3.05, 3.63) is 40.9 Å². The Morgan fingerprint density at radius 1 is 1.14 bits per heavy atom. The molecule has 3 rings (SSSR count). The number of Topliss-reactive ketones (excluding diaryl/α,β-unsaturated/α-hetero) is 1. The van der Waals surface area contributed by atoms with Crippen LogP contribution in [0.3, 0.4) is 0 Å². The molecule has 116 valence electrons. The molecule has 2 nitrogen and oxygen atoms in total. The summed E-state index contributed by atoms with van der Waals surface area (Å²) >= 11 is 6.53. The van der Waals surface area contributed by atoms with Crippen LogP contribution in [0.25, 0.3) is 10.8 Å². The standard InChI is InChI=1S/C19H21ClO2/c1-12-3-8-16(9-4-12)22-18-10-7-14-5-6-15(13(2)21)11-17(14)19(18)20/h5-7,10-12,16H,3-4,8-9H2,1-2H3. The summed E-state index contributed by atoms with van der Waals surface area (Å²) in [4.78, 5) is 11.6. The molecule has 2 aromatic rings. The largest absolute Gasteiger partial charge is 0.489 e. The molecule has 1 aliphatic rings. The third-order valence-corrected chi connectivity index (χ3v) is 4.97. The van der Waals surface area contributed by atoms with Crippen molar-refractivity contribution in [1.82, 2.24) is 0 Å². The van der Waals surface area contributed by atoms with Gasteiger partial charge in [0.15, 0.2) is 5.78 Å². The lowest BCUT2D eigenvalue weighted by molar-refractivity contribution is 0.101. The van der Waals surface area contributed by atoms with Crippen molar-refractivity contribution in [2.75, 3.05) is 0 Å². The van der Waals surface area contributed by atoms with E-state index in [1.54, 1.807) is 6.92 Å². The smallest absolute Gasteiger partial charge is 0.159 e. The monoisotopic (exact) mass is 316 g/mol. The van der Waals surface area contributed by atoms with Gasteiger partial charge in [-0.05, 0) is 56.0 Å². The van der Waals surface area contributed by atoms with E-state index < -0.39 is 0 Å². The Morgan fingerprint density at radius 2 is 1.82 bits per heavy atom. The molecular formula is C19H21ClO2. The number of carbonyl (C=O) groups excluding carboxylic acids is 1. The fourth-order valence-electron chi connectivity index (χ4n) is 3.10. The van der Waals surface area contributed by atoms with Gasteiger partial charge in [0, 0.05) is 10.9 Å². The quantitative estimate of drug-likeness (QED) is 0.684. The summed E-state index contributed by atoms with van der Waals surface area (Å²) in [6.45, 7) is 3.86. The second-order valence-electron chi connectivity index (χ2n) is 6.37. The average molecular weight is 317 g/mol. The number of halogens is 1. The van der Waals surface area contributed by atoms with Crippen LogP contribution in [0.2, 0.25) is 5.02 Å². The molecule has 2 aromatic carbocycles. The second kappa shape index (κ2) is 6.29. The molecule has 0 heterocycles. The Labute approximate surface area is 136 Å². The van der Waals surface area contributed by atoms with Crippen molar-refractivity contribution < 1.29 is 9.53 Å². The third kappa shape index (κ3) is 3.12.